The Morgan fingerprint density at radius 2 is 1.78 bits per heavy atom. The van der Waals surface area contributed by atoms with Crippen molar-refractivity contribution in [1.29, 1.82) is 0 Å². The summed E-state index contributed by atoms with van der Waals surface area (Å²) < 4.78 is 5.76. The highest BCUT2D eigenvalue weighted by molar-refractivity contribution is 6.35. The summed E-state index contributed by atoms with van der Waals surface area (Å²) in [5.41, 5.74) is 8.20. The van der Waals surface area contributed by atoms with Crippen molar-refractivity contribution in [3.8, 4) is 17.0 Å². The Morgan fingerprint density at radius 1 is 1.00 bits per heavy atom. The summed E-state index contributed by atoms with van der Waals surface area (Å²) >= 11 is 12.3. The van der Waals surface area contributed by atoms with Crippen molar-refractivity contribution in [3.63, 3.8) is 0 Å². The molecule has 0 bridgehead atoms. The average molecular weight is 346 g/mol. The second kappa shape index (κ2) is 6.86. The molecule has 0 atom stereocenters. The van der Waals surface area contributed by atoms with Gasteiger partial charge in [-0.1, -0.05) is 35.3 Å². The van der Waals surface area contributed by atoms with Crippen molar-refractivity contribution in [2.45, 2.75) is 6.61 Å². The number of halogens is 2. The normalized spacial score (nSPS) is 10.5. The molecule has 0 radical (unpaired) electrons. The number of pyridine rings is 2. The van der Waals surface area contributed by atoms with Crippen molar-refractivity contribution in [1.82, 2.24) is 9.97 Å². The van der Waals surface area contributed by atoms with Crippen LogP contribution in [0.25, 0.3) is 11.3 Å². The molecular formula is C17H13Cl2N3O. The van der Waals surface area contributed by atoms with E-state index < -0.39 is 0 Å². The van der Waals surface area contributed by atoms with Crippen LogP contribution in [0, 0.1) is 0 Å². The first-order valence-electron chi connectivity index (χ1n) is 6.88. The fraction of sp³-hybridized carbons (Fsp3) is 0.0588. The van der Waals surface area contributed by atoms with Gasteiger partial charge in [-0.05, 0) is 30.3 Å². The summed E-state index contributed by atoms with van der Waals surface area (Å²) in [6.45, 7) is 0.204. The van der Waals surface area contributed by atoms with E-state index in [4.69, 9.17) is 33.7 Å². The fourth-order valence-electron chi connectivity index (χ4n) is 2.06. The average Bonchev–Trinajstić information content (AvgIpc) is 2.57. The van der Waals surface area contributed by atoms with Gasteiger partial charge in [0.2, 0.25) is 0 Å². The van der Waals surface area contributed by atoms with E-state index in [9.17, 15) is 0 Å². The second-order valence-corrected chi connectivity index (χ2v) is 5.63. The maximum atomic E-state index is 6.14. The molecular weight excluding hydrogens is 333 g/mol. The third kappa shape index (κ3) is 3.55. The van der Waals surface area contributed by atoms with Crippen molar-refractivity contribution < 1.29 is 4.74 Å². The molecule has 0 unspecified atom stereocenters. The molecule has 6 heteroatoms. The van der Waals surface area contributed by atoms with Gasteiger partial charge in [0, 0.05) is 33.6 Å². The molecule has 0 aliphatic carbocycles. The van der Waals surface area contributed by atoms with Crippen LogP contribution in [0.1, 0.15) is 5.56 Å². The van der Waals surface area contributed by atoms with E-state index >= 15 is 0 Å². The number of nitrogens with two attached hydrogens (primary N) is 1. The number of aromatic nitrogens is 2. The molecule has 0 amide bonds. The van der Waals surface area contributed by atoms with E-state index in [2.05, 4.69) is 9.97 Å². The SMILES string of the molecule is Nc1ncc(-c2ccccn2)cc1OCc1c(Cl)cccc1Cl. The van der Waals surface area contributed by atoms with Gasteiger partial charge in [0.1, 0.15) is 6.61 Å². The Balaban J connectivity index is 1.86. The Morgan fingerprint density at radius 3 is 2.48 bits per heavy atom. The van der Waals surface area contributed by atoms with Gasteiger partial charge in [0.05, 0.1) is 5.69 Å². The summed E-state index contributed by atoms with van der Waals surface area (Å²) in [5.74, 6) is 0.761. The zero-order valence-corrected chi connectivity index (χ0v) is 13.6. The minimum Gasteiger partial charge on any atom is -0.485 e. The molecule has 0 saturated heterocycles. The number of ether oxygens (including phenoxy) is 1. The fourth-order valence-corrected chi connectivity index (χ4v) is 2.57. The predicted octanol–water partition coefficient (Wildman–Crippen LogP) is 4.61. The van der Waals surface area contributed by atoms with Gasteiger partial charge in [0.25, 0.3) is 0 Å². The van der Waals surface area contributed by atoms with Crippen molar-refractivity contribution in [3.05, 3.63) is 70.5 Å². The Labute approximate surface area is 143 Å². The number of nitrogen functional groups attached to an aromatic ring is 1. The topological polar surface area (TPSA) is 61.0 Å². The Kier molecular flexibility index (Phi) is 4.65. The van der Waals surface area contributed by atoms with E-state index in [1.807, 2.05) is 18.2 Å². The van der Waals surface area contributed by atoms with Crippen LogP contribution < -0.4 is 10.5 Å². The standard InChI is InChI=1S/C17H13Cl2N3O/c18-13-4-3-5-14(19)12(13)10-23-16-8-11(9-22-17(16)20)15-6-1-2-7-21-15/h1-9H,10H2,(H2,20,22). The Bertz CT molecular complexity index is 805. The molecule has 0 aliphatic rings. The van der Waals surface area contributed by atoms with Crippen LogP contribution in [-0.4, -0.2) is 9.97 Å². The molecule has 1 aromatic carbocycles. The largest absolute Gasteiger partial charge is 0.485 e. The summed E-state index contributed by atoms with van der Waals surface area (Å²) in [7, 11) is 0. The number of rotatable bonds is 4. The highest BCUT2D eigenvalue weighted by Gasteiger charge is 2.10. The van der Waals surface area contributed by atoms with Crippen molar-refractivity contribution in [2.75, 3.05) is 5.73 Å². The molecule has 3 rings (SSSR count). The first kappa shape index (κ1) is 15.6. The molecule has 0 fully saturated rings. The lowest BCUT2D eigenvalue weighted by atomic mass is 10.2. The molecule has 4 nitrogen and oxygen atoms in total. The smallest absolute Gasteiger partial charge is 0.166 e. The summed E-state index contributed by atoms with van der Waals surface area (Å²) in [5, 5.41) is 1.09. The van der Waals surface area contributed by atoms with E-state index in [1.165, 1.54) is 0 Å². The van der Waals surface area contributed by atoms with Gasteiger partial charge in [-0.3, -0.25) is 4.98 Å². The monoisotopic (exact) mass is 345 g/mol. The number of nitrogens with zero attached hydrogens (tertiary/aromatic N) is 2. The molecule has 2 heterocycles. The van der Waals surface area contributed by atoms with Crippen molar-refractivity contribution in [2.24, 2.45) is 0 Å². The van der Waals surface area contributed by atoms with E-state index in [-0.39, 0.29) is 6.61 Å². The molecule has 0 saturated carbocycles. The quantitative estimate of drug-likeness (QED) is 0.749. The molecule has 2 aromatic heterocycles. The second-order valence-electron chi connectivity index (χ2n) is 4.81. The number of hydrogen-bond donors (Lipinski definition) is 1. The van der Waals surface area contributed by atoms with Crippen LogP contribution in [0.4, 0.5) is 5.82 Å². The number of hydrogen-bond acceptors (Lipinski definition) is 4. The van der Waals surface area contributed by atoms with Crippen LogP contribution in [-0.2, 0) is 6.61 Å². The van der Waals surface area contributed by atoms with Gasteiger partial charge < -0.3 is 10.5 Å². The van der Waals surface area contributed by atoms with Crippen LogP contribution in [0.5, 0.6) is 5.75 Å². The van der Waals surface area contributed by atoms with Gasteiger partial charge >= 0.3 is 0 Å². The first-order valence-corrected chi connectivity index (χ1v) is 7.63. The maximum absolute atomic E-state index is 6.14. The molecule has 0 aliphatic heterocycles. The van der Waals surface area contributed by atoms with E-state index in [0.717, 1.165) is 11.3 Å². The zero-order chi connectivity index (χ0) is 16.2. The molecule has 23 heavy (non-hydrogen) atoms. The third-order valence-electron chi connectivity index (χ3n) is 3.28. The molecule has 3 aromatic rings. The zero-order valence-electron chi connectivity index (χ0n) is 12.0. The molecule has 0 spiro atoms. The van der Waals surface area contributed by atoms with Crippen LogP contribution in [0.2, 0.25) is 10.0 Å². The van der Waals surface area contributed by atoms with Gasteiger partial charge in [0.15, 0.2) is 11.6 Å². The summed E-state index contributed by atoms with van der Waals surface area (Å²) in [6.07, 6.45) is 3.38. The third-order valence-corrected chi connectivity index (χ3v) is 3.98. The predicted molar refractivity (Wildman–Crippen MR) is 92.7 cm³/mol. The highest BCUT2D eigenvalue weighted by atomic mass is 35.5. The van der Waals surface area contributed by atoms with Crippen LogP contribution in [0.3, 0.4) is 0 Å². The molecule has 2 N–H and O–H groups in total. The van der Waals surface area contributed by atoms with Crippen molar-refractivity contribution >= 4 is 29.0 Å². The van der Waals surface area contributed by atoms with Crippen LogP contribution in [0.15, 0.2) is 54.9 Å². The molecule has 116 valence electrons. The van der Waals surface area contributed by atoms with Gasteiger partial charge in [-0.25, -0.2) is 4.98 Å². The van der Waals surface area contributed by atoms with Gasteiger partial charge in [-0.2, -0.15) is 0 Å². The minimum absolute atomic E-state index is 0.204. The minimum atomic E-state index is 0.204. The lowest BCUT2D eigenvalue weighted by Crippen LogP contribution is -2.02. The van der Waals surface area contributed by atoms with Crippen LogP contribution >= 0.6 is 23.2 Å². The van der Waals surface area contributed by atoms with E-state index in [0.29, 0.717) is 27.2 Å². The van der Waals surface area contributed by atoms with Gasteiger partial charge in [-0.15, -0.1) is 0 Å². The first-order chi connectivity index (χ1) is 11.1. The Hall–Kier alpha value is -2.30. The highest BCUT2D eigenvalue weighted by Crippen LogP contribution is 2.29. The maximum Gasteiger partial charge on any atom is 0.166 e. The summed E-state index contributed by atoms with van der Waals surface area (Å²) in [6, 6.07) is 12.8. The number of anilines is 1. The van der Waals surface area contributed by atoms with E-state index in [1.54, 1.807) is 36.7 Å². The number of benzene rings is 1. The lowest BCUT2D eigenvalue weighted by Gasteiger charge is -2.12. The lowest BCUT2D eigenvalue weighted by molar-refractivity contribution is 0.307. The summed E-state index contributed by atoms with van der Waals surface area (Å²) in [4.78, 5) is 8.45.